The number of aromatic hydroxyl groups is 1. The van der Waals surface area contributed by atoms with Crippen molar-refractivity contribution in [3.63, 3.8) is 0 Å². The molecule has 2 aromatic carbocycles. The smallest absolute Gasteiger partial charge is 0.122 e. The van der Waals surface area contributed by atoms with Crippen LogP contribution in [0.5, 0.6) is 11.5 Å². The van der Waals surface area contributed by atoms with E-state index >= 15 is 0 Å². The van der Waals surface area contributed by atoms with Gasteiger partial charge < -0.3 is 9.84 Å². The second-order valence-electron chi connectivity index (χ2n) is 3.70. The molecule has 0 fully saturated rings. The normalized spacial score (nSPS) is 10.1. The summed E-state index contributed by atoms with van der Waals surface area (Å²) in [5.41, 5.74) is 2.26. The van der Waals surface area contributed by atoms with Crippen LogP contribution in [0.3, 0.4) is 0 Å². The quantitative estimate of drug-likeness (QED) is 0.851. The van der Waals surface area contributed by atoms with E-state index in [-0.39, 0.29) is 5.75 Å². The Labute approximate surface area is 95.1 Å². The molecule has 2 rings (SSSR count). The standard InChI is InChI=1S/C14H14O2/c1-16-14-9-12(8-13(15)10-14)7-11-5-3-2-4-6-11/h2-6,8-10,15H,7H2,1H3. The summed E-state index contributed by atoms with van der Waals surface area (Å²) in [6.45, 7) is 0. The predicted molar refractivity (Wildman–Crippen MR) is 63.9 cm³/mol. The van der Waals surface area contributed by atoms with Gasteiger partial charge in [0, 0.05) is 6.07 Å². The number of rotatable bonds is 3. The summed E-state index contributed by atoms with van der Waals surface area (Å²) >= 11 is 0. The number of benzene rings is 2. The van der Waals surface area contributed by atoms with Crippen LogP contribution in [0.25, 0.3) is 0 Å². The van der Waals surface area contributed by atoms with Crippen LogP contribution in [-0.4, -0.2) is 12.2 Å². The third kappa shape index (κ3) is 2.54. The highest BCUT2D eigenvalue weighted by Gasteiger charge is 2.01. The predicted octanol–water partition coefficient (Wildman–Crippen LogP) is 2.99. The van der Waals surface area contributed by atoms with Gasteiger partial charge in [-0.2, -0.15) is 0 Å². The maximum absolute atomic E-state index is 9.52. The fourth-order valence-electron chi connectivity index (χ4n) is 1.69. The van der Waals surface area contributed by atoms with Crippen molar-refractivity contribution in [1.29, 1.82) is 0 Å². The highest BCUT2D eigenvalue weighted by Crippen LogP contribution is 2.23. The van der Waals surface area contributed by atoms with Gasteiger partial charge in [-0.1, -0.05) is 30.3 Å². The summed E-state index contributed by atoms with van der Waals surface area (Å²) in [7, 11) is 1.60. The van der Waals surface area contributed by atoms with E-state index in [0.29, 0.717) is 5.75 Å². The second kappa shape index (κ2) is 4.71. The van der Waals surface area contributed by atoms with Gasteiger partial charge in [-0.25, -0.2) is 0 Å². The minimum Gasteiger partial charge on any atom is -0.508 e. The van der Waals surface area contributed by atoms with E-state index in [9.17, 15) is 5.11 Å². The Hall–Kier alpha value is -1.96. The molecule has 0 amide bonds. The molecule has 2 nitrogen and oxygen atoms in total. The minimum atomic E-state index is 0.241. The lowest BCUT2D eigenvalue weighted by Crippen LogP contribution is -1.90. The molecule has 2 heteroatoms. The summed E-state index contributed by atoms with van der Waals surface area (Å²) in [6.07, 6.45) is 0.797. The van der Waals surface area contributed by atoms with Gasteiger partial charge in [0.05, 0.1) is 7.11 Å². The van der Waals surface area contributed by atoms with Gasteiger partial charge in [0.2, 0.25) is 0 Å². The van der Waals surface area contributed by atoms with E-state index < -0.39 is 0 Å². The molecule has 0 aromatic heterocycles. The topological polar surface area (TPSA) is 29.5 Å². The van der Waals surface area contributed by atoms with Crippen molar-refractivity contribution in [2.24, 2.45) is 0 Å². The first-order valence-corrected chi connectivity index (χ1v) is 5.19. The zero-order chi connectivity index (χ0) is 11.4. The first kappa shape index (κ1) is 10.6. The Balaban J connectivity index is 2.24. The SMILES string of the molecule is COc1cc(O)cc(Cc2ccccc2)c1. The molecule has 0 spiro atoms. The Morgan fingerprint density at radius 2 is 1.75 bits per heavy atom. The summed E-state index contributed by atoms with van der Waals surface area (Å²) in [5, 5.41) is 9.52. The summed E-state index contributed by atoms with van der Waals surface area (Å²) in [6, 6.07) is 15.4. The number of ether oxygens (including phenoxy) is 1. The molecular formula is C14H14O2. The Kier molecular flexibility index (Phi) is 3.10. The van der Waals surface area contributed by atoms with Crippen LogP contribution in [0, 0.1) is 0 Å². The van der Waals surface area contributed by atoms with E-state index in [2.05, 4.69) is 12.1 Å². The zero-order valence-corrected chi connectivity index (χ0v) is 9.18. The molecule has 0 bridgehead atoms. The number of phenolic OH excluding ortho intramolecular Hbond substituents is 1. The molecule has 16 heavy (non-hydrogen) atoms. The molecule has 0 radical (unpaired) electrons. The fourth-order valence-corrected chi connectivity index (χ4v) is 1.69. The van der Waals surface area contributed by atoms with Crippen molar-refractivity contribution in [2.75, 3.05) is 7.11 Å². The highest BCUT2D eigenvalue weighted by molar-refractivity contribution is 5.39. The van der Waals surface area contributed by atoms with Crippen LogP contribution >= 0.6 is 0 Å². The molecule has 2 aromatic rings. The fraction of sp³-hybridized carbons (Fsp3) is 0.143. The van der Waals surface area contributed by atoms with Crippen molar-refractivity contribution < 1.29 is 9.84 Å². The number of hydrogen-bond donors (Lipinski definition) is 1. The van der Waals surface area contributed by atoms with E-state index in [4.69, 9.17) is 4.74 Å². The van der Waals surface area contributed by atoms with Crippen LogP contribution in [-0.2, 0) is 6.42 Å². The number of phenols is 1. The third-order valence-corrected chi connectivity index (χ3v) is 2.44. The maximum Gasteiger partial charge on any atom is 0.122 e. The van der Waals surface area contributed by atoms with Gasteiger partial charge in [-0.05, 0) is 29.7 Å². The monoisotopic (exact) mass is 214 g/mol. The Morgan fingerprint density at radius 1 is 1.00 bits per heavy atom. The molecule has 0 unspecified atom stereocenters. The average Bonchev–Trinajstić information content (AvgIpc) is 2.29. The Bertz CT molecular complexity index is 463. The van der Waals surface area contributed by atoms with Crippen LogP contribution in [0.4, 0.5) is 0 Å². The van der Waals surface area contributed by atoms with Crippen molar-refractivity contribution in [3.05, 3.63) is 59.7 Å². The van der Waals surface area contributed by atoms with Gasteiger partial charge in [0.25, 0.3) is 0 Å². The lowest BCUT2D eigenvalue weighted by molar-refractivity contribution is 0.407. The van der Waals surface area contributed by atoms with Crippen LogP contribution in [0.2, 0.25) is 0 Å². The van der Waals surface area contributed by atoms with Gasteiger partial charge in [-0.15, -0.1) is 0 Å². The first-order chi connectivity index (χ1) is 7.78. The largest absolute Gasteiger partial charge is 0.508 e. The highest BCUT2D eigenvalue weighted by atomic mass is 16.5. The molecule has 0 atom stereocenters. The Morgan fingerprint density at radius 3 is 2.44 bits per heavy atom. The second-order valence-corrected chi connectivity index (χ2v) is 3.70. The van der Waals surface area contributed by atoms with Crippen molar-refractivity contribution in [3.8, 4) is 11.5 Å². The molecule has 0 aliphatic carbocycles. The molecule has 0 aliphatic rings. The van der Waals surface area contributed by atoms with Crippen LogP contribution in [0.15, 0.2) is 48.5 Å². The number of hydrogen-bond acceptors (Lipinski definition) is 2. The molecular weight excluding hydrogens is 200 g/mol. The van der Waals surface area contributed by atoms with Gasteiger partial charge in [-0.3, -0.25) is 0 Å². The molecule has 0 aliphatic heterocycles. The van der Waals surface area contributed by atoms with Crippen LogP contribution in [0.1, 0.15) is 11.1 Å². The summed E-state index contributed by atoms with van der Waals surface area (Å²) < 4.78 is 5.11. The van der Waals surface area contributed by atoms with E-state index in [1.54, 1.807) is 19.2 Å². The summed E-state index contributed by atoms with van der Waals surface area (Å²) in [4.78, 5) is 0. The molecule has 82 valence electrons. The van der Waals surface area contributed by atoms with E-state index in [0.717, 1.165) is 12.0 Å². The number of methoxy groups -OCH3 is 1. The lowest BCUT2D eigenvalue weighted by Gasteiger charge is -2.06. The van der Waals surface area contributed by atoms with Gasteiger partial charge in [0.15, 0.2) is 0 Å². The maximum atomic E-state index is 9.52. The van der Waals surface area contributed by atoms with Crippen LogP contribution < -0.4 is 4.74 Å². The minimum absolute atomic E-state index is 0.241. The van der Waals surface area contributed by atoms with Crippen molar-refractivity contribution in [1.82, 2.24) is 0 Å². The zero-order valence-electron chi connectivity index (χ0n) is 9.18. The lowest BCUT2D eigenvalue weighted by atomic mass is 10.0. The molecule has 1 N–H and O–H groups in total. The van der Waals surface area contributed by atoms with E-state index in [1.165, 1.54) is 5.56 Å². The summed E-state index contributed by atoms with van der Waals surface area (Å²) in [5.74, 6) is 0.927. The average molecular weight is 214 g/mol. The molecule has 0 saturated carbocycles. The first-order valence-electron chi connectivity index (χ1n) is 5.19. The van der Waals surface area contributed by atoms with Crippen molar-refractivity contribution in [2.45, 2.75) is 6.42 Å². The third-order valence-electron chi connectivity index (χ3n) is 2.44. The van der Waals surface area contributed by atoms with Gasteiger partial charge >= 0.3 is 0 Å². The molecule has 0 saturated heterocycles. The van der Waals surface area contributed by atoms with E-state index in [1.807, 2.05) is 24.3 Å². The van der Waals surface area contributed by atoms with Gasteiger partial charge in [0.1, 0.15) is 11.5 Å². The molecule has 0 heterocycles. The van der Waals surface area contributed by atoms with Crippen molar-refractivity contribution >= 4 is 0 Å².